The van der Waals surface area contributed by atoms with Gasteiger partial charge in [-0.15, -0.1) is 0 Å². The zero-order chi connectivity index (χ0) is 15.6. The second-order valence-corrected chi connectivity index (χ2v) is 5.28. The molecule has 1 heterocycles. The molecule has 5 heteroatoms. The highest BCUT2D eigenvalue weighted by molar-refractivity contribution is 5.91. The molecular weight excluding hydrogens is 264 g/mol. The highest BCUT2D eigenvalue weighted by Crippen LogP contribution is 2.18. The average molecular weight is 286 g/mol. The number of carbonyl (C=O) groups is 1. The maximum absolute atomic E-state index is 12.2. The van der Waals surface area contributed by atoms with Crippen molar-refractivity contribution >= 4 is 17.3 Å². The van der Waals surface area contributed by atoms with E-state index in [1.807, 2.05) is 32.9 Å². The minimum Gasteiger partial charge on any atom is -0.399 e. The predicted molar refractivity (Wildman–Crippen MR) is 85.3 cm³/mol. The largest absolute Gasteiger partial charge is 0.399 e. The second kappa shape index (κ2) is 5.99. The molecule has 0 saturated heterocycles. The summed E-state index contributed by atoms with van der Waals surface area (Å²) < 4.78 is 1.76. The highest BCUT2D eigenvalue weighted by Gasteiger charge is 2.13. The first kappa shape index (κ1) is 15.1. The highest BCUT2D eigenvalue weighted by atomic mass is 16.2. The first-order valence-electron chi connectivity index (χ1n) is 7.11. The number of carbonyl (C=O) groups excluding carboxylic acids is 1. The zero-order valence-corrected chi connectivity index (χ0v) is 13.0. The Hall–Kier alpha value is -2.30. The molecule has 3 N–H and O–H groups in total. The normalized spacial score (nSPS) is 10.7. The molecule has 0 saturated carbocycles. The van der Waals surface area contributed by atoms with Gasteiger partial charge in [-0.05, 0) is 50.5 Å². The fourth-order valence-electron chi connectivity index (χ4n) is 2.50. The van der Waals surface area contributed by atoms with Gasteiger partial charge in [0.2, 0.25) is 5.91 Å². The fraction of sp³-hybridized carbons (Fsp3) is 0.375. The Bertz CT molecular complexity index is 673. The Balaban J connectivity index is 2.14. The lowest BCUT2D eigenvalue weighted by Crippen LogP contribution is -2.21. The molecule has 2 aromatic rings. The van der Waals surface area contributed by atoms with E-state index >= 15 is 0 Å². The van der Waals surface area contributed by atoms with Crippen molar-refractivity contribution in [2.75, 3.05) is 11.1 Å². The van der Waals surface area contributed by atoms with E-state index in [-0.39, 0.29) is 12.5 Å². The van der Waals surface area contributed by atoms with Crippen LogP contribution in [0.15, 0.2) is 18.2 Å². The van der Waals surface area contributed by atoms with Crippen molar-refractivity contribution in [2.24, 2.45) is 0 Å². The molecule has 112 valence electrons. The van der Waals surface area contributed by atoms with Gasteiger partial charge in [-0.3, -0.25) is 9.48 Å². The summed E-state index contributed by atoms with van der Waals surface area (Å²) in [7, 11) is 0. The van der Waals surface area contributed by atoms with E-state index in [0.29, 0.717) is 5.69 Å². The smallest absolute Gasteiger partial charge is 0.246 e. The van der Waals surface area contributed by atoms with Gasteiger partial charge in [0.15, 0.2) is 0 Å². The van der Waals surface area contributed by atoms with Gasteiger partial charge < -0.3 is 11.1 Å². The Morgan fingerprint density at radius 3 is 2.67 bits per heavy atom. The standard InChI is InChI=1S/C16H22N4O/c1-5-14-11(3)19-20(12(14)4)9-16(21)18-15-8-13(17)7-6-10(15)2/h6-8H,5,9,17H2,1-4H3,(H,18,21). The maximum Gasteiger partial charge on any atom is 0.246 e. The molecule has 0 aliphatic heterocycles. The number of hydrogen-bond donors (Lipinski definition) is 2. The number of aromatic nitrogens is 2. The predicted octanol–water partition coefficient (Wildman–Crippen LogP) is 2.59. The number of nitrogens with zero attached hydrogens (tertiary/aromatic N) is 2. The van der Waals surface area contributed by atoms with Crippen LogP contribution in [0.1, 0.15) is 29.4 Å². The molecule has 0 unspecified atom stereocenters. The van der Waals surface area contributed by atoms with Gasteiger partial charge in [0.1, 0.15) is 6.54 Å². The molecule has 5 nitrogen and oxygen atoms in total. The summed E-state index contributed by atoms with van der Waals surface area (Å²) in [4.78, 5) is 12.2. The van der Waals surface area contributed by atoms with Gasteiger partial charge >= 0.3 is 0 Å². The molecule has 0 aliphatic carbocycles. The minimum atomic E-state index is -0.100. The molecule has 0 bridgehead atoms. The molecule has 0 spiro atoms. The van der Waals surface area contributed by atoms with Gasteiger partial charge in [-0.2, -0.15) is 5.10 Å². The number of nitrogens with one attached hydrogen (secondary N) is 1. The molecule has 2 rings (SSSR count). The van der Waals surface area contributed by atoms with E-state index in [0.717, 1.165) is 29.1 Å². The molecule has 0 radical (unpaired) electrons. The van der Waals surface area contributed by atoms with Crippen LogP contribution in [-0.2, 0) is 17.8 Å². The third-order valence-corrected chi connectivity index (χ3v) is 3.71. The van der Waals surface area contributed by atoms with Crippen LogP contribution in [0.2, 0.25) is 0 Å². The molecule has 1 aromatic carbocycles. The second-order valence-electron chi connectivity index (χ2n) is 5.28. The summed E-state index contributed by atoms with van der Waals surface area (Å²) in [6, 6.07) is 5.48. The van der Waals surface area contributed by atoms with E-state index in [9.17, 15) is 4.79 Å². The molecule has 0 atom stereocenters. The summed E-state index contributed by atoms with van der Waals surface area (Å²) in [5.41, 5.74) is 11.4. The van der Waals surface area contributed by atoms with Crippen molar-refractivity contribution in [3.05, 3.63) is 40.7 Å². The van der Waals surface area contributed by atoms with Crippen LogP contribution >= 0.6 is 0 Å². The Labute approximate surface area is 125 Å². The third kappa shape index (κ3) is 3.24. The van der Waals surface area contributed by atoms with E-state index in [1.54, 1.807) is 10.7 Å². The average Bonchev–Trinajstić information content (AvgIpc) is 2.68. The molecule has 21 heavy (non-hydrogen) atoms. The molecule has 0 aliphatic rings. The van der Waals surface area contributed by atoms with Gasteiger partial charge in [0.05, 0.1) is 5.69 Å². The lowest BCUT2D eigenvalue weighted by atomic mass is 10.1. The van der Waals surface area contributed by atoms with Crippen molar-refractivity contribution < 1.29 is 4.79 Å². The molecule has 1 amide bonds. The van der Waals surface area contributed by atoms with Gasteiger partial charge in [0.25, 0.3) is 0 Å². The Morgan fingerprint density at radius 1 is 1.33 bits per heavy atom. The van der Waals surface area contributed by atoms with Crippen LogP contribution in [0.4, 0.5) is 11.4 Å². The van der Waals surface area contributed by atoms with Crippen molar-refractivity contribution in [2.45, 2.75) is 40.7 Å². The molecule has 0 fully saturated rings. The van der Waals surface area contributed by atoms with Gasteiger partial charge in [0, 0.05) is 17.1 Å². The number of rotatable bonds is 4. The number of aryl methyl sites for hydroxylation is 2. The van der Waals surface area contributed by atoms with Crippen molar-refractivity contribution in [3.8, 4) is 0 Å². The van der Waals surface area contributed by atoms with Crippen molar-refractivity contribution in [1.29, 1.82) is 0 Å². The molecular formula is C16H22N4O. The SMILES string of the molecule is CCc1c(C)nn(CC(=O)Nc2cc(N)ccc2C)c1C. The van der Waals surface area contributed by atoms with Crippen molar-refractivity contribution in [1.82, 2.24) is 9.78 Å². The Kier molecular flexibility index (Phi) is 4.31. The number of nitrogen functional groups attached to an aromatic ring is 1. The van der Waals surface area contributed by atoms with E-state index in [2.05, 4.69) is 17.3 Å². The minimum absolute atomic E-state index is 0.100. The molecule has 1 aromatic heterocycles. The summed E-state index contributed by atoms with van der Waals surface area (Å²) >= 11 is 0. The first-order chi connectivity index (χ1) is 9.92. The number of hydrogen-bond acceptors (Lipinski definition) is 3. The van der Waals surface area contributed by atoms with E-state index in [1.165, 1.54) is 5.56 Å². The van der Waals surface area contributed by atoms with Crippen LogP contribution in [0.5, 0.6) is 0 Å². The van der Waals surface area contributed by atoms with Crippen LogP contribution < -0.4 is 11.1 Å². The first-order valence-corrected chi connectivity index (χ1v) is 7.11. The van der Waals surface area contributed by atoms with Crippen LogP contribution in [0, 0.1) is 20.8 Å². The maximum atomic E-state index is 12.2. The van der Waals surface area contributed by atoms with Crippen LogP contribution in [0.3, 0.4) is 0 Å². The summed E-state index contributed by atoms with van der Waals surface area (Å²) in [5.74, 6) is -0.100. The fourth-order valence-corrected chi connectivity index (χ4v) is 2.50. The summed E-state index contributed by atoms with van der Waals surface area (Å²) in [5, 5.41) is 7.33. The zero-order valence-electron chi connectivity index (χ0n) is 13.0. The number of amides is 1. The van der Waals surface area contributed by atoms with Crippen molar-refractivity contribution in [3.63, 3.8) is 0 Å². The van der Waals surface area contributed by atoms with Crippen LogP contribution in [-0.4, -0.2) is 15.7 Å². The summed E-state index contributed by atoms with van der Waals surface area (Å²) in [6.45, 7) is 8.21. The summed E-state index contributed by atoms with van der Waals surface area (Å²) in [6.07, 6.45) is 0.924. The lowest BCUT2D eigenvalue weighted by molar-refractivity contribution is -0.116. The quantitative estimate of drug-likeness (QED) is 0.848. The van der Waals surface area contributed by atoms with E-state index in [4.69, 9.17) is 5.73 Å². The Morgan fingerprint density at radius 2 is 2.05 bits per heavy atom. The third-order valence-electron chi connectivity index (χ3n) is 3.71. The van der Waals surface area contributed by atoms with Gasteiger partial charge in [-0.1, -0.05) is 13.0 Å². The number of nitrogens with two attached hydrogens (primary N) is 1. The lowest BCUT2D eigenvalue weighted by Gasteiger charge is -2.10. The van der Waals surface area contributed by atoms with Crippen LogP contribution in [0.25, 0.3) is 0 Å². The monoisotopic (exact) mass is 286 g/mol. The van der Waals surface area contributed by atoms with E-state index < -0.39 is 0 Å². The number of anilines is 2. The van der Waals surface area contributed by atoms with Gasteiger partial charge in [-0.25, -0.2) is 0 Å². The topological polar surface area (TPSA) is 72.9 Å². The number of benzene rings is 1.